The quantitative estimate of drug-likeness (QED) is 0.841. The van der Waals surface area contributed by atoms with Crippen molar-refractivity contribution in [1.82, 2.24) is 5.32 Å². The summed E-state index contributed by atoms with van der Waals surface area (Å²) in [6.45, 7) is 9.79. The fourth-order valence-electron chi connectivity index (χ4n) is 1.45. The zero-order chi connectivity index (χ0) is 13.8. The van der Waals surface area contributed by atoms with Gasteiger partial charge in [-0.15, -0.1) is 0 Å². The van der Waals surface area contributed by atoms with E-state index in [9.17, 15) is 4.79 Å². The number of amides is 1. The molecule has 0 aliphatic carbocycles. The summed E-state index contributed by atoms with van der Waals surface area (Å²) in [6.07, 6.45) is 0. The third-order valence-corrected chi connectivity index (χ3v) is 3.69. The number of carbonyl (C=O) groups is 1. The highest BCUT2D eigenvalue weighted by molar-refractivity contribution is 5.94. The summed E-state index contributed by atoms with van der Waals surface area (Å²) in [5.41, 5.74) is 7.32. The summed E-state index contributed by atoms with van der Waals surface area (Å²) in [7, 11) is 0. The van der Waals surface area contributed by atoms with Gasteiger partial charge in [0.2, 0.25) is 0 Å². The SMILES string of the molecule is CC(C)C(C)(C)CNC(=O)c1cccc(CN)c1. The van der Waals surface area contributed by atoms with E-state index in [1.54, 1.807) is 0 Å². The largest absolute Gasteiger partial charge is 0.351 e. The Balaban J connectivity index is 2.66. The van der Waals surface area contributed by atoms with Gasteiger partial charge in [0.15, 0.2) is 0 Å². The molecule has 0 aliphatic heterocycles. The zero-order valence-electron chi connectivity index (χ0n) is 11.8. The predicted octanol–water partition coefficient (Wildman–Crippen LogP) is 2.56. The van der Waals surface area contributed by atoms with Crippen LogP contribution in [0.15, 0.2) is 24.3 Å². The van der Waals surface area contributed by atoms with E-state index < -0.39 is 0 Å². The molecule has 3 N–H and O–H groups in total. The third-order valence-electron chi connectivity index (χ3n) is 3.69. The molecule has 100 valence electrons. The third kappa shape index (κ3) is 3.84. The number of nitrogens with two attached hydrogens (primary N) is 1. The van der Waals surface area contributed by atoms with Gasteiger partial charge in [-0.25, -0.2) is 0 Å². The number of carbonyl (C=O) groups excluding carboxylic acids is 1. The van der Waals surface area contributed by atoms with Crippen LogP contribution in [0.25, 0.3) is 0 Å². The zero-order valence-corrected chi connectivity index (χ0v) is 11.8. The van der Waals surface area contributed by atoms with E-state index >= 15 is 0 Å². The van der Waals surface area contributed by atoms with Crippen molar-refractivity contribution in [3.05, 3.63) is 35.4 Å². The van der Waals surface area contributed by atoms with E-state index in [2.05, 4.69) is 33.0 Å². The Morgan fingerprint density at radius 2 is 2.06 bits per heavy atom. The van der Waals surface area contributed by atoms with E-state index in [0.29, 0.717) is 24.6 Å². The van der Waals surface area contributed by atoms with Crippen LogP contribution in [-0.4, -0.2) is 12.5 Å². The molecule has 1 aromatic carbocycles. The maximum Gasteiger partial charge on any atom is 0.251 e. The summed E-state index contributed by atoms with van der Waals surface area (Å²) >= 11 is 0. The van der Waals surface area contributed by atoms with Crippen molar-refractivity contribution >= 4 is 5.91 Å². The van der Waals surface area contributed by atoms with E-state index in [4.69, 9.17) is 5.73 Å². The summed E-state index contributed by atoms with van der Waals surface area (Å²) in [5.74, 6) is 0.493. The number of benzene rings is 1. The molecule has 0 aromatic heterocycles. The lowest BCUT2D eigenvalue weighted by atomic mass is 9.81. The van der Waals surface area contributed by atoms with Gasteiger partial charge in [-0.3, -0.25) is 4.79 Å². The van der Waals surface area contributed by atoms with Crippen molar-refractivity contribution in [3.63, 3.8) is 0 Å². The maximum atomic E-state index is 12.0. The van der Waals surface area contributed by atoms with Crippen LogP contribution in [0.3, 0.4) is 0 Å². The average Bonchev–Trinajstić information content (AvgIpc) is 2.36. The molecule has 0 fully saturated rings. The maximum absolute atomic E-state index is 12.0. The lowest BCUT2D eigenvalue weighted by Gasteiger charge is -2.29. The van der Waals surface area contributed by atoms with Crippen molar-refractivity contribution in [2.24, 2.45) is 17.1 Å². The highest BCUT2D eigenvalue weighted by Crippen LogP contribution is 2.24. The summed E-state index contributed by atoms with van der Waals surface area (Å²) in [5, 5.41) is 2.99. The first-order chi connectivity index (χ1) is 8.36. The van der Waals surface area contributed by atoms with Gasteiger partial charge in [-0.2, -0.15) is 0 Å². The molecule has 0 saturated carbocycles. The Kier molecular flexibility index (Phi) is 4.91. The molecule has 0 spiro atoms. The van der Waals surface area contributed by atoms with Crippen molar-refractivity contribution in [2.45, 2.75) is 34.2 Å². The van der Waals surface area contributed by atoms with Crippen LogP contribution >= 0.6 is 0 Å². The molecule has 18 heavy (non-hydrogen) atoms. The first-order valence-corrected chi connectivity index (χ1v) is 6.44. The van der Waals surface area contributed by atoms with Gasteiger partial charge >= 0.3 is 0 Å². The van der Waals surface area contributed by atoms with Gasteiger partial charge in [-0.1, -0.05) is 39.8 Å². The minimum absolute atomic E-state index is 0.0287. The molecule has 3 heteroatoms. The Morgan fingerprint density at radius 3 is 2.61 bits per heavy atom. The number of rotatable bonds is 5. The van der Waals surface area contributed by atoms with Crippen molar-refractivity contribution in [3.8, 4) is 0 Å². The minimum Gasteiger partial charge on any atom is -0.351 e. The van der Waals surface area contributed by atoms with E-state index in [0.717, 1.165) is 5.56 Å². The molecule has 0 aliphatic rings. The monoisotopic (exact) mass is 248 g/mol. The highest BCUT2D eigenvalue weighted by Gasteiger charge is 2.23. The van der Waals surface area contributed by atoms with E-state index in [1.165, 1.54) is 0 Å². The molecule has 1 amide bonds. The van der Waals surface area contributed by atoms with Crippen molar-refractivity contribution < 1.29 is 4.79 Å². The van der Waals surface area contributed by atoms with E-state index in [1.807, 2.05) is 24.3 Å². The molecule has 0 unspecified atom stereocenters. The van der Waals surface area contributed by atoms with Crippen LogP contribution in [-0.2, 0) is 6.54 Å². The minimum atomic E-state index is -0.0287. The van der Waals surface area contributed by atoms with Gasteiger partial charge < -0.3 is 11.1 Å². The normalized spacial score (nSPS) is 11.7. The van der Waals surface area contributed by atoms with Crippen molar-refractivity contribution in [2.75, 3.05) is 6.54 Å². The second-order valence-electron chi connectivity index (χ2n) is 5.73. The van der Waals surface area contributed by atoms with Crippen LogP contribution in [0, 0.1) is 11.3 Å². The Labute approximate surface area is 110 Å². The smallest absolute Gasteiger partial charge is 0.251 e. The molecule has 1 aromatic rings. The van der Waals surface area contributed by atoms with Gasteiger partial charge in [0.05, 0.1) is 0 Å². The second kappa shape index (κ2) is 6.01. The number of nitrogens with one attached hydrogen (secondary N) is 1. The molecule has 1 rings (SSSR count). The lowest BCUT2D eigenvalue weighted by molar-refractivity contribution is 0.0924. The number of hydrogen-bond acceptors (Lipinski definition) is 2. The van der Waals surface area contributed by atoms with Gasteiger partial charge in [-0.05, 0) is 29.0 Å². The molecule has 0 bridgehead atoms. The van der Waals surface area contributed by atoms with Crippen LogP contribution < -0.4 is 11.1 Å². The molecular weight excluding hydrogens is 224 g/mol. The van der Waals surface area contributed by atoms with Gasteiger partial charge in [0, 0.05) is 18.7 Å². The van der Waals surface area contributed by atoms with E-state index in [-0.39, 0.29) is 11.3 Å². The fraction of sp³-hybridized carbons (Fsp3) is 0.533. The Hall–Kier alpha value is -1.35. The van der Waals surface area contributed by atoms with Crippen LogP contribution in [0.1, 0.15) is 43.6 Å². The molecule has 3 nitrogen and oxygen atoms in total. The fourth-order valence-corrected chi connectivity index (χ4v) is 1.45. The highest BCUT2D eigenvalue weighted by atomic mass is 16.1. The first-order valence-electron chi connectivity index (χ1n) is 6.44. The molecule has 0 heterocycles. The van der Waals surface area contributed by atoms with Crippen LogP contribution in [0.4, 0.5) is 0 Å². The Bertz CT molecular complexity index is 411. The van der Waals surface area contributed by atoms with Gasteiger partial charge in [0.1, 0.15) is 0 Å². The predicted molar refractivity (Wildman–Crippen MR) is 75.3 cm³/mol. The topological polar surface area (TPSA) is 55.1 Å². The van der Waals surface area contributed by atoms with Crippen molar-refractivity contribution in [1.29, 1.82) is 0 Å². The average molecular weight is 248 g/mol. The van der Waals surface area contributed by atoms with Crippen LogP contribution in [0.5, 0.6) is 0 Å². The van der Waals surface area contributed by atoms with Crippen LogP contribution in [0.2, 0.25) is 0 Å². The summed E-state index contributed by atoms with van der Waals surface area (Å²) < 4.78 is 0. The summed E-state index contributed by atoms with van der Waals surface area (Å²) in [4.78, 5) is 12.0. The molecule has 0 saturated heterocycles. The Morgan fingerprint density at radius 1 is 1.39 bits per heavy atom. The first kappa shape index (κ1) is 14.7. The molecular formula is C15H24N2O. The standard InChI is InChI=1S/C15H24N2O/c1-11(2)15(3,4)10-17-14(18)13-7-5-6-12(8-13)9-16/h5-8,11H,9-10,16H2,1-4H3,(H,17,18). The lowest BCUT2D eigenvalue weighted by Crippen LogP contribution is -2.37. The van der Waals surface area contributed by atoms with Gasteiger partial charge in [0.25, 0.3) is 5.91 Å². The molecule has 0 radical (unpaired) electrons. The molecule has 0 atom stereocenters. The summed E-state index contributed by atoms with van der Waals surface area (Å²) in [6, 6.07) is 7.45. The number of hydrogen-bond donors (Lipinski definition) is 2. The second-order valence-corrected chi connectivity index (χ2v) is 5.73.